The van der Waals surface area contributed by atoms with Gasteiger partial charge >= 0.3 is 0 Å². The van der Waals surface area contributed by atoms with Gasteiger partial charge in [0, 0.05) is 5.56 Å². The van der Waals surface area contributed by atoms with Crippen molar-refractivity contribution in [3.8, 4) is 5.75 Å². The van der Waals surface area contributed by atoms with E-state index in [4.69, 9.17) is 9.47 Å². The number of rotatable bonds is 5. The first-order chi connectivity index (χ1) is 12.9. The van der Waals surface area contributed by atoms with E-state index in [2.05, 4.69) is 41.5 Å². The van der Waals surface area contributed by atoms with Gasteiger partial charge in [-0.05, 0) is 34.6 Å². The van der Waals surface area contributed by atoms with Gasteiger partial charge in [0.25, 0.3) is 0 Å². The fourth-order valence-electron chi connectivity index (χ4n) is 3.07. The lowest BCUT2D eigenvalue weighted by Crippen LogP contribution is -2.18. The average Bonchev–Trinajstić information content (AvgIpc) is 3.42. The molecule has 1 aliphatic heterocycles. The highest BCUT2D eigenvalue weighted by Crippen LogP contribution is 2.39. The smallest absolute Gasteiger partial charge is 0.210 e. The predicted octanol–water partition coefficient (Wildman–Crippen LogP) is 4.89. The van der Waals surface area contributed by atoms with E-state index in [0.717, 1.165) is 11.1 Å². The summed E-state index contributed by atoms with van der Waals surface area (Å²) < 4.78 is 38.1. The summed E-state index contributed by atoms with van der Waals surface area (Å²) in [7, 11) is -3.71. The van der Waals surface area contributed by atoms with Crippen LogP contribution in [0.5, 0.6) is 5.75 Å². The minimum Gasteiger partial charge on any atom is -0.489 e. The molecule has 1 fully saturated rings. The van der Waals surface area contributed by atoms with E-state index in [1.807, 2.05) is 18.2 Å². The van der Waals surface area contributed by atoms with Crippen LogP contribution < -0.4 is 4.74 Å². The van der Waals surface area contributed by atoms with Gasteiger partial charge in [0.05, 0.1) is 11.5 Å². The Balaban J connectivity index is 2.07. The molecule has 1 heterocycles. The molecule has 2 aromatic carbocycles. The second-order valence-electron chi connectivity index (χ2n) is 9.43. The molecule has 152 valence electrons. The van der Waals surface area contributed by atoms with E-state index in [1.165, 1.54) is 0 Å². The normalized spacial score (nSPS) is 17.4. The van der Waals surface area contributed by atoms with Crippen molar-refractivity contribution in [2.24, 2.45) is 0 Å². The van der Waals surface area contributed by atoms with Gasteiger partial charge in [-0.1, -0.05) is 65.8 Å². The first-order valence-electron chi connectivity index (χ1n) is 9.64. The standard InChI is InChI=1S/C23H30O4S/c1-22(2,3)16-10-12-18(13-11-16)28(24,25)20-9-7-8-19(23(4,5)6)21(20)27-15-17-14-26-17/h7-13,17H,14-15H2,1-6H3. The molecule has 0 aromatic heterocycles. The summed E-state index contributed by atoms with van der Waals surface area (Å²) in [4.78, 5) is 0.489. The van der Waals surface area contributed by atoms with Crippen molar-refractivity contribution in [3.05, 3.63) is 53.6 Å². The molecule has 5 heteroatoms. The Bertz CT molecular complexity index is 942. The Morgan fingerprint density at radius 1 is 0.964 bits per heavy atom. The highest BCUT2D eigenvalue weighted by atomic mass is 32.2. The van der Waals surface area contributed by atoms with Gasteiger partial charge in [0.2, 0.25) is 9.84 Å². The van der Waals surface area contributed by atoms with E-state index in [1.54, 1.807) is 24.3 Å². The number of sulfone groups is 1. The number of benzene rings is 2. The van der Waals surface area contributed by atoms with Crippen molar-refractivity contribution in [2.75, 3.05) is 13.2 Å². The van der Waals surface area contributed by atoms with Crippen LogP contribution in [0.2, 0.25) is 0 Å². The Morgan fingerprint density at radius 2 is 1.57 bits per heavy atom. The molecule has 0 amide bonds. The second-order valence-corrected chi connectivity index (χ2v) is 11.3. The summed E-state index contributed by atoms with van der Waals surface area (Å²) in [5, 5.41) is 0. The molecule has 0 bridgehead atoms. The highest BCUT2D eigenvalue weighted by molar-refractivity contribution is 7.91. The summed E-state index contributed by atoms with van der Waals surface area (Å²) in [5.74, 6) is 0.436. The van der Waals surface area contributed by atoms with Gasteiger partial charge in [-0.25, -0.2) is 8.42 Å². The summed E-state index contributed by atoms with van der Waals surface area (Å²) in [5.41, 5.74) is 1.69. The molecule has 0 spiro atoms. The first-order valence-corrected chi connectivity index (χ1v) is 11.1. The molecular formula is C23H30O4S. The summed E-state index contributed by atoms with van der Waals surface area (Å²) in [6.07, 6.45) is 0.0506. The van der Waals surface area contributed by atoms with Crippen molar-refractivity contribution < 1.29 is 17.9 Å². The highest BCUT2D eigenvalue weighted by Gasteiger charge is 2.31. The van der Waals surface area contributed by atoms with Crippen molar-refractivity contribution in [1.29, 1.82) is 0 Å². The van der Waals surface area contributed by atoms with Gasteiger partial charge in [0.15, 0.2) is 0 Å². The fourth-order valence-corrected chi connectivity index (χ4v) is 4.49. The van der Waals surface area contributed by atoms with Crippen LogP contribution in [-0.2, 0) is 25.4 Å². The number of ether oxygens (including phenoxy) is 2. The van der Waals surface area contributed by atoms with Crippen LogP contribution in [0.1, 0.15) is 52.7 Å². The Hall–Kier alpha value is -1.85. The van der Waals surface area contributed by atoms with Crippen LogP contribution in [0, 0.1) is 0 Å². The Kier molecular flexibility index (Phi) is 5.36. The minimum absolute atomic E-state index is 0.0347. The molecular weight excluding hydrogens is 372 g/mol. The van der Waals surface area contributed by atoms with Crippen molar-refractivity contribution in [2.45, 2.75) is 68.3 Å². The molecule has 0 saturated carbocycles. The second kappa shape index (κ2) is 7.20. The molecule has 0 radical (unpaired) electrons. The van der Waals surface area contributed by atoms with Crippen molar-refractivity contribution >= 4 is 9.84 Å². The largest absolute Gasteiger partial charge is 0.489 e. The maximum Gasteiger partial charge on any atom is 0.210 e. The van der Waals surface area contributed by atoms with Crippen LogP contribution in [0.3, 0.4) is 0 Å². The molecule has 0 aliphatic carbocycles. The zero-order valence-electron chi connectivity index (χ0n) is 17.6. The number of epoxide rings is 1. The van der Waals surface area contributed by atoms with Crippen LogP contribution in [0.25, 0.3) is 0 Å². The van der Waals surface area contributed by atoms with Gasteiger partial charge < -0.3 is 9.47 Å². The molecule has 1 saturated heterocycles. The van der Waals surface area contributed by atoms with Gasteiger partial charge in [-0.3, -0.25) is 0 Å². The van der Waals surface area contributed by atoms with E-state index in [9.17, 15) is 8.42 Å². The molecule has 1 atom stereocenters. The summed E-state index contributed by atoms with van der Waals surface area (Å²) in [6, 6.07) is 12.5. The van der Waals surface area contributed by atoms with Gasteiger partial charge in [0.1, 0.15) is 23.4 Å². The Morgan fingerprint density at radius 3 is 2.07 bits per heavy atom. The van der Waals surface area contributed by atoms with Gasteiger partial charge in [-0.15, -0.1) is 0 Å². The third-order valence-corrected chi connectivity index (χ3v) is 6.72. The lowest BCUT2D eigenvalue weighted by Gasteiger charge is -2.25. The molecule has 1 unspecified atom stereocenters. The maximum absolute atomic E-state index is 13.4. The van der Waals surface area contributed by atoms with Crippen molar-refractivity contribution in [3.63, 3.8) is 0 Å². The van der Waals surface area contributed by atoms with Crippen molar-refractivity contribution in [1.82, 2.24) is 0 Å². The molecule has 4 nitrogen and oxygen atoms in total. The third-order valence-electron chi connectivity index (χ3n) is 4.92. The summed E-state index contributed by atoms with van der Waals surface area (Å²) in [6.45, 7) is 13.5. The number of hydrogen-bond acceptors (Lipinski definition) is 4. The quantitative estimate of drug-likeness (QED) is 0.668. The Labute approximate surface area is 168 Å². The van der Waals surface area contributed by atoms with Crippen LogP contribution in [0.15, 0.2) is 52.3 Å². The van der Waals surface area contributed by atoms with E-state index in [-0.39, 0.29) is 26.7 Å². The van der Waals surface area contributed by atoms with Gasteiger partial charge in [-0.2, -0.15) is 0 Å². The zero-order valence-corrected chi connectivity index (χ0v) is 18.4. The first kappa shape index (κ1) is 20.9. The third kappa shape index (κ3) is 4.41. The van der Waals surface area contributed by atoms with Crippen LogP contribution in [-0.4, -0.2) is 27.7 Å². The minimum atomic E-state index is -3.71. The zero-order chi connectivity index (χ0) is 20.7. The predicted molar refractivity (Wildman–Crippen MR) is 111 cm³/mol. The molecule has 3 rings (SSSR count). The number of hydrogen-bond donors (Lipinski definition) is 0. The lowest BCUT2D eigenvalue weighted by atomic mass is 9.86. The van der Waals surface area contributed by atoms with Crippen LogP contribution in [0.4, 0.5) is 0 Å². The average molecular weight is 403 g/mol. The molecule has 1 aliphatic rings. The summed E-state index contributed by atoms with van der Waals surface area (Å²) >= 11 is 0. The lowest BCUT2D eigenvalue weighted by molar-refractivity contribution is 0.253. The van der Waals surface area contributed by atoms with E-state index >= 15 is 0 Å². The van der Waals surface area contributed by atoms with Crippen LogP contribution >= 0.6 is 0 Å². The van der Waals surface area contributed by atoms with E-state index < -0.39 is 9.84 Å². The van der Waals surface area contributed by atoms with E-state index in [0.29, 0.717) is 19.0 Å². The molecule has 2 aromatic rings. The topological polar surface area (TPSA) is 55.9 Å². The monoisotopic (exact) mass is 402 g/mol. The maximum atomic E-state index is 13.4. The molecule has 0 N–H and O–H groups in total. The fraction of sp³-hybridized carbons (Fsp3) is 0.478. The number of para-hydroxylation sites is 1. The SMILES string of the molecule is CC(C)(C)c1ccc(S(=O)(=O)c2cccc(C(C)(C)C)c2OCC2CO2)cc1. The molecule has 28 heavy (non-hydrogen) atoms.